The van der Waals surface area contributed by atoms with Gasteiger partial charge < -0.3 is 14.6 Å². The van der Waals surface area contributed by atoms with Crippen molar-refractivity contribution in [2.45, 2.75) is 39.3 Å². The molecule has 0 aliphatic heterocycles. The fourth-order valence-electron chi connectivity index (χ4n) is 3.35. The number of hydrogen-bond acceptors (Lipinski definition) is 6. The molecule has 4 rings (SSSR count). The third-order valence-electron chi connectivity index (χ3n) is 5.18. The van der Waals surface area contributed by atoms with Gasteiger partial charge in [-0.2, -0.15) is 0 Å². The number of anilines is 1. The van der Waals surface area contributed by atoms with Gasteiger partial charge in [-0.15, -0.1) is 11.3 Å². The van der Waals surface area contributed by atoms with Crippen LogP contribution >= 0.6 is 11.3 Å². The molecule has 0 spiro atoms. The molecular weight excluding hydrogens is 408 g/mol. The second-order valence-electron chi connectivity index (χ2n) is 7.49. The molecule has 6 nitrogen and oxygen atoms in total. The quantitative estimate of drug-likeness (QED) is 0.389. The fraction of sp³-hybridized carbons (Fsp3) is 0.292. The molecule has 3 aromatic heterocycles. The lowest BCUT2D eigenvalue weighted by Crippen LogP contribution is -2.35. The highest BCUT2D eigenvalue weighted by Gasteiger charge is 2.19. The summed E-state index contributed by atoms with van der Waals surface area (Å²) in [5.74, 6) is 2.36. The van der Waals surface area contributed by atoms with Gasteiger partial charge in [0.2, 0.25) is 5.91 Å². The molecule has 4 aromatic rings. The molecule has 31 heavy (non-hydrogen) atoms. The summed E-state index contributed by atoms with van der Waals surface area (Å²) in [5, 5.41) is 6.02. The summed E-state index contributed by atoms with van der Waals surface area (Å²) in [6.45, 7) is 5.12. The predicted molar refractivity (Wildman–Crippen MR) is 125 cm³/mol. The Morgan fingerprint density at radius 1 is 1.16 bits per heavy atom. The summed E-state index contributed by atoms with van der Waals surface area (Å²) in [4.78, 5) is 25.3. The van der Waals surface area contributed by atoms with Crippen molar-refractivity contribution in [1.82, 2.24) is 15.3 Å². The zero-order chi connectivity index (χ0) is 21.6. The molecule has 0 unspecified atom stereocenters. The van der Waals surface area contributed by atoms with Gasteiger partial charge in [-0.25, -0.2) is 9.97 Å². The Kier molecular flexibility index (Phi) is 6.62. The molecule has 0 radical (unpaired) electrons. The Morgan fingerprint density at radius 3 is 2.77 bits per heavy atom. The van der Waals surface area contributed by atoms with Gasteiger partial charge in [-0.05, 0) is 49.1 Å². The van der Waals surface area contributed by atoms with Crippen LogP contribution in [0, 0.1) is 0 Å². The van der Waals surface area contributed by atoms with Crippen molar-refractivity contribution in [3.05, 3.63) is 65.9 Å². The number of aromatic nitrogens is 2. The van der Waals surface area contributed by atoms with Crippen LogP contribution < -0.4 is 10.2 Å². The lowest BCUT2D eigenvalue weighted by molar-refractivity contribution is -0.121. The first-order valence-electron chi connectivity index (χ1n) is 10.5. The molecule has 1 amide bonds. The van der Waals surface area contributed by atoms with Crippen molar-refractivity contribution in [3.63, 3.8) is 0 Å². The molecule has 1 atom stereocenters. The standard InChI is InChI=1S/C24H26N4O2S/c1-3-17(2)25-22(29)12-13-28(16-18-8-6-14-30-18)24-19-9-4-5-10-20(19)26-23(27-24)21-11-7-15-31-21/h4-11,14-15,17H,3,12-13,16H2,1-2H3,(H,25,29)/t17-/m0/s1. The van der Waals surface area contributed by atoms with E-state index in [9.17, 15) is 4.79 Å². The summed E-state index contributed by atoms with van der Waals surface area (Å²) in [6.07, 6.45) is 2.94. The Labute approximate surface area is 185 Å². The van der Waals surface area contributed by atoms with Gasteiger partial charge in [0.05, 0.1) is 23.2 Å². The SMILES string of the molecule is CC[C@H](C)NC(=O)CCN(Cc1ccco1)c1nc(-c2cccs2)nc2ccccc12. The monoisotopic (exact) mass is 434 g/mol. The number of nitrogens with one attached hydrogen (secondary N) is 1. The average molecular weight is 435 g/mol. The number of nitrogens with zero attached hydrogens (tertiary/aromatic N) is 3. The Morgan fingerprint density at radius 2 is 2.03 bits per heavy atom. The van der Waals surface area contributed by atoms with Gasteiger partial charge in [0.15, 0.2) is 5.82 Å². The summed E-state index contributed by atoms with van der Waals surface area (Å²) >= 11 is 1.61. The number of rotatable bonds is 9. The number of carbonyl (C=O) groups is 1. The normalized spacial score (nSPS) is 12.1. The van der Waals surface area contributed by atoms with Crippen LogP contribution in [-0.2, 0) is 11.3 Å². The smallest absolute Gasteiger partial charge is 0.221 e. The van der Waals surface area contributed by atoms with E-state index < -0.39 is 0 Å². The van der Waals surface area contributed by atoms with Crippen molar-refractivity contribution < 1.29 is 9.21 Å². The molecule has 0 bridgehead atoms. The number of benzene rings is 1. The maximum Gasteiger partial charge on any atom is 0.221 e. The topological polar surface area (TPSA) is 71.3 Å². The minimum absolute atomic E-state index is 0.0376. The van der Waals surface area contributed by atoms with E-state index in [1.54, 1.807) is 17.6 Å². The predicted octanol–water partition coefficient (Wildman–Crippen LogP) is 5.26. The van der Waals surface area contributed by atoms with Gasteiger partial charge in [-0.3, -0.25) is 4.79 Å². The molecule has 7 heteroatoms. The third-order valence-corrected chi connectivity index (χ3v) is 6.05. The van der Waals surface area contributed by atoms with E-state index in [0.29, 0.717) is 25.3 Å². The maximum atomic E-state index is 12.5. The number of furan rings is 1. The van der Waals surface area contributed by atoms with Gasteiger partial charge in [-0.1, -0.05) is 25.1 Å². The zero-order valence-electron chi connectivity index (χ0n) is 17.7. The van der Waals surface area contributed by atoms with Gasteiger partial charge >= 0.3 is 0 Å². The lowest BCUT2D eigenvalue weighted by Gasteiger charge is -2.24. The molecular formula is C24H26N4O2S. The number of fused-ring (bicyclic) bond motifs is 1. The van der Waals surface area contributed by atoms with E-state index in [4.69, 9.17) is 14.4 Å². The number of hydrogen-bond donors (Lipinski definition) is 1. The van der Waals surface area contributed by atoms with Crippen molar-refractivity contribution in [2.75, 3.05) is 11.4 Å². The molecule has 0 saturated carbocycles. The van der Waals surface area contributed by atoms with Crippen LogP contribution in [0.4, 0.5) is 5.82 Å². The molecule has 3 heterocycles. The number of amides is 1. The van der Waals surface area contributed by atoms with Crippen LogP contribution in [0.5, 0.6) is 0 Å². The summed E-state index contributed by atoms with van der Waals surface area (Å²) in [6, 6.07) is 16.0. The molecule has 1 N–H and O–H groups in total. The molecule has 1 aromatic carbocycles. The minimum atomic E-state index is 0.0376. The highest BCUT2D eigenvalue weighted by molar-refractivity contribution is 7.13. The summed E-state index contributed by atoms with van der Waals surface area (Å²) in [5.41, 5.74) is 0.879. The lowest BCUT2D eigenvalue weighted by atomic mass is 10.2. The van der Waals surface area contributed by atoms with Crippen molar-refractivity contribution in [1.29, 1.82) is 0 Å². The number of para-hydroxylation sites is 1. The van der Waals surface area contributed by atoms with E-state index in [1.807, 2.05) is 60.8 Å². The van der Waals surface area contributed by atoms with E-state index in [1.165, 1.54) is 0 Å². The first-order chi connectivity index (χ1) is 15.1. The van der Waals surface area contributed by atoms with Gasteiger partial charge in [0.1, 0.15) is 11.6 Å². The average Bonchev–Trinajstić information content (AvgIpc) is 3.50. The van der Waals surface area contributed by atoms with Crippen molar-refractivity contribution in [3.8, 4) is 10.7 Å². The molecule has 0 aliphatic carbocycles. The number of thiophene rings is 1. The van der Waals surface area contributed by atoms with E-state index in [0.717, 1.165) is 33.8 Å². The van der Waals surface area contributed by atoms with Crippen LogP contribution in [0.2, 0.25) is 0 Å². The molecule has 160 valence electrons. The molecule has 0 fully saturated rings. The highest BCUT2D eigenvalue weighted by Crippen LogP contribution is 2.30. The Bertz CT molecular complexity index is 1130. The first-order valence-corrected chi connectivity index (χ1v) is 11.4. The van der Waals surface area contributed by atoms with Crippen LogP contribution in [0.1, 0.15) is 32.4 Å². The number of carbonyl (C=O) groups excluding carboxylic acids is 1. The van der Waals surface area contributed by atoms with Crippen LogP contribution in [0.15, 0.2) is 64.6 Å². The third kappa shape index (κ3) is 5.11. The van der Waals surface area contributed by atoms with Gasteiger partial charge in [0, 0.05) is 24.4 Å². The van der Waals surface area contributed by atoms with E-state index >= 15 is 0 Å². The van der Waals surface area contributed by atoms with Crippen LogP contribution in [-0.4, -0.2) is 28.5 Å². The zero-order valence-corrected chi connectivity index (χ0v) is 18.6. The summed E-state index contributed by atoms with van der Waals surface area (Å²) in [7, 11) is 0. The second kappa shape index (κ2) is 9.75. The van der Waals surface area contributed by atoms with E-state index in [-0.39, 0.29) is 11.9 Å². The maximum absolute atomic E-state index is 12.5. The minimum Gasteiger partial charge on any atom is -0.467 e. The highest BCUT2D eigenvalue weighted by atomic mass is 32.1. The van der Waals surface area contributed by atoms with Crippen LogP contribution in [0.25, 0.3) is 21.6 Å². The summed E-state index contributed by atoms with van der Waals surface area (Å²) < 4.78 is 5.61. The largest absolute Gasteiger partial charge is 0.467 e. The first kappa shape index (κ1) is 21.1. The molecule has 0 saturated heterocycles. The van der Waals surface area contributed by atoms with Gasteiger partial charge in [0.25, 0.3) is 0 Å². The molecule has 0 aliphatic rings. The van der Waals surface area contributed by atoms with E-state index in [2.05, 4.69) is 17.1 Å². The van der Waals surface area contributed by atoms with Crippen molar-refractivity contribution in [2.24, 2.45) is 0 Å². The second-order valence-corrected chi connectivity index (χ2v) is 8.44. The Hall–Kier alpha value is -3.19. The van der Waals surface area contributed by atoms with Crippen molar-refractivity contribution >= 4 is 34.0 Å². The van der Waals surface area contributed by atoms with Crippen LogP contribution in [0.3, 0.4) is 0 Å². The Balaban J connectivity index is 1.70. The fourth-order valence-corrected chi connectivity index (χ4v) is 4.01.